The van der Waals surface area contributed by atoms with Gasteiger partial charge in [0.1, 0.15) is 11.5 Å². The van der Waals surface area contributed by atoms with Crippen molar-refractivity contribution in [3.8, 4) is 44.9 Å². The van der Waals surface area contributed by atoms with E-state index in [4.69, 9.17) is 9.47 Å². The molecule has 68 heavy (non-hydrogen) atoms. The van der Waals surface area contributed by atoms with Crippen LogP contribution in [0.4, 0.5) is 22.7 Å². The van der Waals surface area contributed by atoms with E-state index in [0.29, 0.717) is 0 Å². The predicted molar refractivity (Wildman–Crippen MR) is 299 cm³/mol. The number of hydrogen-bond donors (Lipinski definition) is 0. The van der Waals surface area contributed by atoms with Crippen molar-refractivity contribution in [2.24, 2.45) is 0 Å². The predicted octanol–water partition coefficient (Wildman–Crippen LogP) is 12.2. The first kappa shape index (κ1) is 47.9. The summed E-state index contributed by atoms with van der Waals surface area (Å²) in [5.41, 5.74) is 14.0. The van der Waals surface area contributed by atoms with Crippen LogP contribution < -0.4 is 50.3 Å². The van der Waals surface area contributed by atoms with E-state index in [2.05, 4.69) is 258 Å². The van der Waals surface area contributed by atoms with Gasteiger partial charge in [0.25, 0.3) is 0 Å². The Bertz CT molecular complexity index is 2600. The van der Waals surface area contributed by atoms with Gasteiger partial charge in [0.2, 0.25) is 0 Å². The number of rotatable bonds is 17. The fraction of sp³-hybridized carbons (Fsp3) is 0.200. The molecule has 8 rings (SSSR count). The molecule has 0 atom stereocenters. The Morgan fingerprint density at radius 2 is 0.588 bits per heavy atom. The first-order chi connectivity index (χ1) is 32.9. The fourth-order valence-electron chi connectivity index (χ4n) is 8.95. The molecule has 8 aromatic carbocycles. The Kier molecular flexibility index (Phi) is 15.2. The lowest BCUT2D eigenvalue weighted by Gasteiger charge is -2.29. The quantitative estimate of drug-likeness (QED) is 0.0846. The van der Waals surface area contributed by atoms with Crippen LogP contribution in [0, 0.1) is 0 Å². The number of nitrogens with zero attached hydrogens (tertiary/aromatic N) is 4. The van der Waals surface area contributed by atoms with Crippen LogP contribution in [0.2, 0.25) is 0 Å². The Labute approximate surface area is 407 Å². The molecule has 0 fully saturated rings. The molecule has 0 heterocycles. The van der Waals surface area contributed by atoms with Gasteiger partial charge in [0.05, 0.1) is 14.2 Å². The summed E-state index contributed by atoms with van der Waals surface area (Å²) >= 11 is 0. The third kappa shape index (κ3) is 10.4. The minimum absolute atomic E-state index is 0.764. The van der Waals surface area contributed by atoms with Crippen molar-refractivity contribution >= 4 is 59.8 Å². The lowest BCUT2D eigenvalue weighted by molar-refractivity contribution is 0.410. The molecule has 0 spiro atoms. The van der Waals surface area contributed by atoms with Crippen LogP contribution in [0.5, 0.6) is 11.5 Å². The Hall–Kier alpha value is -6.58. The molecule has 0 aliphatic rings. The third-order valence-corrected chi connectivity index (χ3v) is 17.7. The Balaban J connectivity index is 1.44. The minimum atomic E-state index is -0.940. The first-order valence-corrected chi connectivity index (χ1v) is 26.2. The topological polar surface area (TPSA) is 31.4 Å². The van der Waals surface area contributed by atoms with Crippen LogP contribution in [0.3, 0.4) is 0 Å². The van der Waals surface area contributed by atoms with Gasteiger partial charge in [-0.1, -0.05) is 121 Å². The Morgan fingerprint density at radius 1 is 0.324 bits per heavy atom. The Morgan fingerprint density at radius 3 is 0.824 bits per heavy atom. The van der Waals surface area contributed by atoms with Crippen molar-refractivity contribution in [2.45, 2.75) is 12.3 Å². The highest BCUT2D eigenvalue weighted by atomic mass is 31.1. The molecule has 346 valence electrons. The molecule has 0 N–H and O–H groups in total. The number of anilines is 4. The molecule has 6 nitrogen and oxygen atoms in total. The van der Waals surface area contributed by atoms with Crippen LogP contribution >= 0.6 is 15.8 Å². The minimum Gasteiger partial charge on any atom is -0.496 e. The van der Waals surface area contributed by atoms with Crippen LogP contribution in [0.15, 0.2) is 182 Å². The van der Waals surface area contributed by atoms with E-state index in [1.54, 1.807) is 0 Å². The molecule has 0 saturated heterocycles. The summed E-state index contributed by atoms with van der Waals surface area (Å²) in [6, 6.07) is 67.3. The number of benzene rings is 8. The van der Waals surface area contributed by atoms with E-state index in [0.717, 1.165) is 46.1 Å². The summed E-state index contributed by atoms with van der Waals surface area (Å²) < 4.78 is 13.2. The smallest absolute Gasteiger partial charge is 0.127 e. The summed E-state index contributed by atoms with van der Waals surface area (Å²) in [5.74, 6) is 1.64. The normalized spacial score (nSPS) is 11.2. The van der Waals surface area contributed by atoms with Crippen molar-refractivity contribution in [1.29, 1.82) is 0 Å². The number of ether oxygens (including phenoxy) is 2. The maximum Gasteiger partial charge on any atom is 0.127 e. The van der Waals surface area contributed by atoms with E-state index >= 15 is 0 Å². The van der Waals surface area contributed by atoms with Crippen molar-refractivity contribution in [3.63, 3.8) is 0 Å². The zero-order valence-electron chi connectivity index (χ0n) is 41.2. The molecule has 0 aliphatic heterocycles. The molecule has 0 aromatic heterocycles. The molecule has 0 aliphatic carbocycles. The summed E-state index contributed by atoms with van der Waals surface area (Å²) in [5, 5.41) is 5.25. The highest BCUT2D eigenvalue weighted by Crippen LogP contribution is 2.54. The van der Waals surface area contributed by atoms with Crippen molar-refractivity contribution in [2.75, 3.05) is 90.2 Å². The second-order valence-electron chi connectivity index (χ2n) is 17.9. The van der Waals surface area contributed by atoms with Gasteiger partial charge in [-0.15, -0.1) is 0 Å². The van der Waals surface area contributed by atoms with E-state index in [1.807, 2.05) is 14.2 Å². The van der Waals surface area contributed by atoms with Crippen molar-refractivity contribution in [1.82, 2.24) is 0 Å². The SMILES string of the molecule is COc1ccc(-c2ccccc2)c(CP(c2ccc(N(C)C)cc2)c2ccc(N(C)C)cc2)c1-c1c(OC)ccc(-c2ccccc2)c1CP(c1ccc(N(C)C)cc1)c1ccc(N(C)C)cc1. The third-order valence-electron chi connectivity index (χ3n) is 12.8. The van der Waals surface area contributed by atoms with Gasteiger partial charge in [0, 0.05) is 103 Å². The summed E-state index contributed by atoms with van der Waals surface area (Å²) in [6.45, 7) is 0. The highest BCUT2D eigenvalue weighted by molar-refractivity contribution is 7.72. The van der Waals surface area contributed by atoms with Gasteiger partial charge in [-0.2, -0.15) is 0 Å². The summed E-state index contributed by atoms with van der Waals surface area (Å²) in [4.78, 5) is 8.67. The molecule has 0 saturated carbocycles. The summed E-state index contributed by atoms with van der Waals surface area (Å²) in [7, 11) is 18.6. The van der Waals surface area contributed by atoms with Crippen molar-refractivity contribution < 1.29 is 9.47 Å². The second-order valence-corrected chi connectivity index (χ2v) is 22.3. The van der Waals surface area contributed by atoms with E-state index in [1.165, 1.54) is 66.2 Å². The fourth-order valence-corrected chi connectivity index (χ4v) is 13.6. The van der Waals surface area contributed by atoms with Gasteiger partial charge < -0.3 is 29.1 Å². The zero-order chi connectivity index (χ0) is 47.9. The second kappa shape index (κ2) is 21.6. The largest absolute Gasteiger partial charge is 0.496 e. The van der Waals surface area contributed by atoms with Crippen LogP contribution in [0.1, 0.15) is 11.1 Å². The average molecular weight is 935 g/mol. The summed E-state index contributed by atoms with van der Waals surface area (Å²) in [6.07, 6.45) is 1.53. The highest BCUT2D eigenvalue weighted by Gasteiger charge is 2.30. The van der Waals surface area contributed by atoms with Gasteiger partial charge in [-0.25, -0.2) is 0 Å². The lowest BCUT2D eigenvalue weighted by atomic mass is 9.86. The van der Waals surface area contributed by atoms with E-state index < -0.39 is 15.8 Å². The molecule has 8 aromatic rings. The molecule has 0 radical (unpaired) electrons. The van der Waals surface area contributed by atoms with Crippen LogP contribution in [0.25, 0.3) is 33.4 Å². The molecule has 0 bridgehead atoms. The molecule has 0 amide bonds. The maximum atomic E-state index is 6.59. The van der Waals surface area contributed by atoms with Crippen molar-refractivity contribution in [3.05, 3.63) is 193 Å². The monoisotopic (exact) mass is 934 g/mol. The van der Waals surface area contributed by atoms with Gasteiger partial charge in [0.15, 0.2) is 0 Å². The van der Waals surface area contributed by atoms with E-state index in [-0.39, 0.29) is 0 Å². The lowest BCUT2D eigenvalue weighted by Crippen LogP contribution is -2.17. The average Bonchev–Trinajstić information content (AvgIpc) is 3.37. The molecule has 0 unspecified atom stereocenters. The molecular weight excluding hydrogens is 871 g/mol. The van der Waals surface area contributed by atoms with Crippen LogP contribution in [-0.4, -0.2) is 70.6 Å². The van der Waals surface area contributed by atoms with Gasteiger partial charge in [-0.05, 0) is 131 Å². The maximum absolute atomic E-state index is 6.59. The van der Waals surface area contributed by atoms with Gasteiger partial charge >= 0.3 is 0 Å². The van der Waals surface area contributed by atoms with Gasteiger partial charge in [-0.3, -0.25) is 0 Å². The number of methoxy groups -OCH3 is 2. The van der Waals surface area contributed by atoms with E-state index in [9.17, 15) is 0 Å². The standard InChI is InChI=1S/C60H64N4O2P2/c1-61(2)45-21-29-49(30-22-45)67(50-31-23-46(24-32-50)62(3)4)41-55-53(43-17-13-11-14-18-43)37-39-57(65-9)59(55)60-56(54(38-40-58(60)66-10)44-19-15-12-16-20-44)42-68(51-33-25-47(26-34-51)63(5)6)52-35-27-48(28-36-52)64(7)8/h11-40H,41-42H2,1-10H3. The zero-order valence-corrected chi connectivity index (χ0v) is 43.0. The molecule has 8 heteroatoms. The first-order valence-electron chi connectivity index (χ1n) is 23.1. The number of hydrogen-bond acceptors (Lipinski definition) is 6. The molecular formula is C60H64N4O2P2. The van der Waals surface area contributed by atoms with Crippen LogP contribution in [-0.2, 0) is 12.3 Å².